The zero-order valence-electron chi connectivity index (χ0n) is 58.5. The Morgan fingerprint density at radius 3 is 1.26 bits per heavy atom. The monoisotopic (exact) mass is 1680 g/mol. The average molecular weight is 1680 g/mol. The molecule has 3 aliphatic heterocycles. The Kier molecular flexibility index (Phi) is 34.6. The van der Waals surface area contributed by atoms with Gasteiger partial charge in [-0.3, -0.25) is 4.79 Å². The minimum atomic E-state index is -4.38. The molecule has 30 heteroatoms. The third-order valence-electron chi connectivity index (χ3n) is 18.4. The SMILES string of the molecule is BrCCOCCBr.COCCn1cc(C(=O)CCC2(c3ccc(C(F)(F)F)cc3)CCOCC2)c2c(Cl)cccc21.COCCn1cc(C(=O)O)c2c(Cl)cccc21.N#CC1(c2ccc(C(F)(F)F)cc2)CCOCC1.N#CCc1ccc(C(F)(F)F)cc1.NCC1(c2ccc(C(F)(F)F)cc2)CCOCC1. The third-order valence-corrected chi connectivity index (χ3v) is 19.7. The van der Waals surface area contributed by atoms with E-state index in [4.69, 9.17) is 67.7 Å². The number of hydrogen-bond donors (Lipinski definition) is 2. The molecule has 3 fully saturated rings. The fourth-order valence-electron chi connectivity index (χ4n) is 12.3. The Labute approximate surface area is 639 Å². The molecular formula is C77H81Br2Cl2F12N5O9. The van der Waals surface area contributed by atoms with E-state index < -0.39 is 63.8 Å². The molecule has 0 bridgehead atoms. The zero-order chi connectivity index (χ0) is 78.6. The molecule has 0 unspecified atom stereocenters. The van der Waals surface area contributed by atoms with Crippen LogP contribution in [0.3, 0.4) is 0 Å². The van der Waals surface area contributed by atoms with Crippen molar-refractivity contribution in [2.45, 2.75) is 112 Å². The van der Waals surface area contributed by atoms with Gasteiger partial charge in [0.25, 0.3) is 0 Å². The molecule has 11 rings (SSSR count). The Balaban J connectivity index is 0.000000213. The van der Waals surface area contributed by atoms with E-state index in [-0.39, 0.29) is 29.6 Å². The van der Waals surface area contributed by atoms with Gasteiger partial charge in [-0.05, 0) is 140 Å². The van der Waals surface area contributed by atoms with Crippen molar-refractivity contribution < 1.29 is 95.8 Å². The van der Waals surface area contributed by atoms with Gasteiger partial charge in [-0.15, -0.1) is 0 Å². The summed E-state index contributed by atoms with van der Waals surface area (Å²) in [5, 5.41) is 30.9. The number of ether oxygens (including phenoxy) is 6. The molecule has 3 saturated heterocycles. The number of ketones is 1. The Bertz CT molecular complexity index is 4160. The number of hydrogen-bond acceptors (Lipinski definition) is 11. The van der Waals surface area contributed by atoms with Crippen LogP contribution in [0.2, 0.25) is 10.0 Å². The number of nitrogens with zero attached hydrogens (tertiary/aromatic N) is 4. The number of carbonyl (C=O) groups is 2. The molecule has 8 aromatic rings. The smallest absolute Gasteiger partial charge is 0.416 e. The maximum atomic E-state index is 13.4. The van der Waals surface area contributed by atoms with Gasteiger partial charge in [0, 0.05) is 130 Å². The summed E-state index contributed by atoms with van der Waals surface area (Å²) in [7, 11) is 3.23. The second-order valence-corrected chi connectivity index (χ2v) is 27.4. The van der Waals surface area contributed by atoms with E-state index in [1.807, 2.05) is 39.6 Å². The van der Waals surface area contributed by atoms with Crippen LogP contribution in [0.5, 0.6) is 0 Å². The van der Waals surface area contributed by atoms with Crippen LogP contribution in [0.1, 0.15) is 117 Å². The van der Waals surface area contributed by atoms with Crippen LogP contribution in [0.15, 0.2) is 146 Å². The fraction of sp³-hybridized carbons (Fsp3) is 0.429. The molecule has 0 radical (unpaired) electrons. The predicted octanol–water partition coefficient (Wildman–Crippen LogP) is 19.9. The summed E-state index contributed by atoms with van der Waals surface area (Å²) < 4.78 is 185. The lowest BCUT2D eigenvalue weighted by molar-refractivity contribution is -0.138. The number of aromatic nitrogens is 2. The van der Waals surface area contributed by atoms with Crippen LogP contribution in [0.25, 0.3) is 21.8 Å². The molecule has 6 aromatic carbocycles. The van der Waals surface area contributed by atoms with Crippen molar-refractivity contribution in [1.82, 2.24) is 9.13 Å². The fourth-order valence-corrected chi connectivity index (χ4v) is 13.3. The van der Waals surface area contributed by atoms with Gasteiger partial charge < -0.3 is 48.4 Å². The van der Waals surface area contributed by atoms with Crippen LogP contribution >= 0.6 is 55.1 Å². The molecule has 0 amide bonds. The van der Waals surface area contributed by atoms with Crippen LogP contribution in [-0.2, 0) is 88.9 Å². The highest BCUT2D eigenvalue weighted by atomic mass is 79.9. The highest BCUT2D eigenvalue weighted by molar-refractivity contribution is 9.09. The van der Waals surface area contributed by atoms with Gasteiger partial charge >= 0.3 is 30.7 Å². The maximum Gasteiger partial charge on any atom is 0.416 e. The van der Waals surface area contributed by atoms with Gasteiger partial charge in [0.1, 0.15) is 0 Å². The molecule has 0 aliphatic carbocycles. The van der Waals surface area contributed by atoms with Gasteiger partial charge in [0.15, 0.2) is 5.78 Å². The first-order chi connectivity index (χ1) is 50.8. The van der Waals surface area contributed by atoms with E-state index in [9.17, 15) is 67.5 Å². The summed E-state index contributed by atoms with van der Waals surface area (Å²) in [5.74, 6) is -1.01. The normalized spacial score (nSPS) is 15.4. The average Bonchev–Trinajstić information content (AvgIpc) is 1.69. The van der Waals surface area contributed by atoms with Crippen molar-refractivity contribution in [2.24, 2.45) is 5.73 Å². The minimum absolute atomic E-state index is 0.0351. The van der Waals surface area contributed by atoms with E-state index in [0.29, 0.717) is 137 Å². The summed E-state index contributed by atoms with van der Waals surface area (Å²) >= 11 is 19.0. The van der Waals surface area contributed by atoms with Gasteiger partial charge in [-0.1, -0.05) is 116 Å². The molecule has 3 aliphatic rings. The minimum Gasteiger partial charge on any atom is -0.478 e. The standard InChI is InChI=1S/C26H27ClF3NO3.C13H16F3NO.C13H12F3NO.C12H12ClNO3.C9H6F3N.C4H8Br2O/c1-33-16-13-31-17-20(24-21(27)3-2-4-22(24)31)23(32)9-10-25(11-14-34-15-12-25)18-5-7-19(8-6-18)26(28,29)30;2*14-13(15,16)11-3-1-10(2-4-11)12(9-17)5-7-18-8-6-12;1-17-6-5-14-7-8(12(15)16)11-9(13)3-2-4-10(11)14;10-9(11,12)8-3-1-7(2-4-8)5-6-13;5-1-3-7-4-2-6/h2-8,17H,9-16H2,1H3;1-4H,5-9,17H2;1-4H,5-8H2;2-4,7H,5-6H2,1H3,(H,15,16);1-4H,5H2;1-4H2. The summed E-state index contributed by atoms with van der Waals surface area (Å²) in [4.78, 5) is 24.6. The molecule has 580 valence electrons. The number of carboxylic acid groups (broad SMARTS) is 1. The van der Waals surface area contributed by atoms with E-state index >= 15 is 0 Å². The number of rotatable bonds is 20. The molecule has 2 aromatic heterocycles. The van der Waals surface area contributed by atoms with Crippen molar-refractivity contribution in [1.29, 1.82) is 10.5 Å². The van der Waals surface area contributed by atoms with Crippen LogP contribution in [-0.4, -0.2) is 123 Å². The van der Waals surface area contributed by atoms with Crippen molar-refractivity contribution >= 4 is 88.6 Å². The number of nitriles is 2. The van der Waals surface area contributed by atoms with E-state index in [1.165, 1.54) is 24.3 Å². The van der Waals surface area contributed by atoms with Crippen molar-refractivity contribution in [2.75, 3.05) is 97.5 Å². The number of fused-ring (bicyclic) bond motifs is 2. The first kappa shape index (κ1) is 88.8. The van der Waals surface area contributed by atoms with Gasteiger partial charge in [-0.2, -0.15) is 63.2 Å². The summed E-state index contributed by atoms with van der Waals surface area (Å²) in [6.07, 6.45) is -9.09. The van der Waals surface area contributed by atoms with Crippen molar-refractivity contribution in [3.8, 4) is 12.1 Å². The Hall–Kier alpha value is -7.06. The van der Waals surface area contributed by atoms with Crippen LogP contribution in [0.4, 0.5) is 52.7 Å². The molecule has 107 heavy (non-hydrogen) atoms. The third kappa shape index (κ3) is 25.2. The van der Waals surface area contributed by atoms with Gasteiger partial charge in [0.05, 0.1) is 99.3 Å². The summed E-state index contributed by atoms with van der Waals surface area (Å²) in [6.45, 7) is 7.44. The molecule has 0 saturated carbocycles. The van der Waals surface area contributed by atoms with Gasteiger partial charge in [-0.25, -0.2) is 4.79 Å². The van der Waals surface area contributed by atoms with E-state index in [1.54, 1.807) is 62.9 Å². The molecular weight excluding hydrogens is 1600 g/mol. The number of alkyl halides is 14. The van der Waals surface area contributed by atoms with Crippen LogP contribution < -0.4 is 5.73 Å². The lowest BCUT2D eigenvalue weighted by atomic mass is 9.70. The largest absolute Gasteiger partial charge is 0.478 e. The van der Waals surface area contributed by atoms with Crippen LogP contribution in [0, 0.1) is 22.7 Å². The number of nitrogens with two attached hydrogens (primary N) is 1. The second-order valence-electron chi connectivity index (χ2n) is 25.0. The first-order valence-electron chi connectivity index (χ1n) is 33.7. The Morgan fingerprint density at radius 2 is 0.897 bits per heavy atom. The molecule has 5 heterocycles. The maximum absolute atomic E-state index is 13.4. The topological polar surface area (TPSA) is 193 Å². The first-order valence-corrected chi connectivity index (χ1v) is 36.7. The van der Waals surface area contributed by atoms with Crippen molar-refractivity contribution in [3.63, 3.8) is 0 Å². The Morgan fingerprint density at radius 1 is 0.533 bits per heavy atom. The number of benzene rings is 6. The number of carbonyl (C=O) groups excluding carboxylic acids is 1. The van der Waals surface area contributed by atoms with E-state index in [2.05, 4.69) is 37.9 Å². The number of halogens is 16. The second kappa shape index (κ2) is 41.7. The van der Waals surface area contributed by atoms with Crippen molar-refractivity contribution in [3.05, 3.63) is 212 Å². The summed E-state index contributed by atoms with van der Waals surface area (Å²) in [5.41, 5.74) is 7.20. The molecule has 14 nitrogen and oxygen atoms in total. The zero-order valence-corrected chi connectivity index (χ0v) is 63.1. The molecule has 0 atom stereocenters. The highest BCUT2D eigenvalue weighted by Crippen LogP contribution is 2.43. The van der Waals surface area contributed by atoms with E-state index in [0.717, 1.165) is 113 Å². The predicted molar refractivity (Wildman–Crippen MR) is 392 cm³/mol. The van der Waals surface area contributed by atoms with Gasteiger partial charge in [0.2, 0.25) is 0 Å². The lowest BCUT2D eigenvalue weighted by Crippen LogP contribution is -2.40. The number of methoxy groups -OCH3 is 2. The number of Topliss-reactive ketones (excluding diaryl/α,β-unsaturated/α-hetero) is 1. The highest BCUT2D eigenvalue weighted by Gasteiger charge is 2.40. The lowest BCUT2D eigenvalue weighted by Gasteiger charge is -2.38. The number of aromatic carboxylic acids is 1. The number of carboxylic acids is 1. The molecule has 3 N–H and O–H groups in total. The summed E-state index contributed by atoms with van der Waals surface area (Å²) in [6, 6.07) is 35.1. The quantitative estimate of drug-likeness (QED) is 0.0318. The molecule has 0 spiro atoms.